The topological polar surface area (TPSA) is 135 Å². The van der Waals surface area contributed by atoms with Crippen molar-refractivity contribution in [1.82, 2.24) is 0 Å². The van der Waals surface area contributed by atoms with Crippen LogP contribution in [-0.2, 0) is 23.7 Å². The van der Waals surface area contributed by atoms with Crippen LogP contribution in [-0.4, -0.2) is 89.6 Å². The highest BCUT2D eigenvalue weighted by Gasteiger charge is 2.44. The summed E-state index contributed by atoms with van der Waals surface area (Å²) < 4.78 is 22.6. The SMILES string of the molecule is CC/C=C\C/C=C\C/C=C\C/C=C\C/C=C\CCCCCCCC(=O)OC(COCCCCCCCCC)COC1OC(CO)C(O)C(O)C1O. The van der Waals surface area contributed by atoms with Gasteiger partial charge in [0.2, 0.25) is 0 Å². The number of allylic oxidation sites excluding steroid dienone is 10. The molecule has 4 N–H and O–H groups in total. The Morgan fingerprint density at radius 2 is 1.20 bits per heavy atom. The minimum atomic E-state index is -1.54. The zero-order valence-corrected chi connectivity index (χ0v) is 31.8. The molecule has 1 fully saturated rings. The highest BCUT2D eigenvalue weighted by Crippen LogP contribution is 2.22. The van der Waals surface area contributed by atoms with Gasteiger partial charge in [-0.1, -0.05) is 132 Å². The maximum Gasteiger partial charge on any atom is 0.306 e. The van der Waals surface area contributed by atoms with Gasteiger partial charge >= 0.3 is 5.97 Å². The van der Waals surface area contributed by atoms with Gasteiger partial charge in [-0.3, -0.25) is 4.79 Å². The number of carbonyl (C=O) groups excluding carboxylic acids is 1. The molecule has 294 valence electrons. The lowest BCUT2D eigenvalue weighted by atomic mass is 9.99. The number of rotatable bonds is 32. The van der Waals surface area contributed by atoms with E-state index in [0.717, 1.165) is 83.5 Å². The van der Waals surface area contributed by atoms with E-state index in [1.54, 1.807) is 0 Å². The molecule has 0 aromatic heterocycles. The second-order valence-corrected chi connectivity index (χ2v) is 13.4. The maximum atomic E-state index is 12.7. The first-order valence-corrected chi connectivity index (χ1v) is 19.9. The molecule has 1 rings (SSSR count). The summed E-state index contributed by atoms with van der Waals surface area (Å²) in [4.78, 5) is 12.7. The van der Waals surface area contributed by atoms with E-state index in [0.29, 0.717) is 13.0 Å². The lowest BCUT2D eigenvalue weighted by Crippen LogP contribution is -2.59. The quantitative estimate of drug-likeness (QED) is 0.0310. The van der Waals surface area contributed by atoms with Gasteiger partial charge in [0.05, 0.1) is 19.8 Å². The lowest BCUT2D eigenvalue weighted by Gasteiger charge is -2.39. The van der Waals surface area contributed by atoms with Crippen LogP contribution in [0, 0.1) is 0 Å². The minimum Gasteiger partial charge on any atom is -0.457 e. The molecule has 0 amide bonds. The monoisotopic (exact) mass is 721 g/mol. The number of hydrogen-bond donors (Lipinski definition) is 4. The van der Waals surface area contributed by atoms with Crippen LogP contribution in [0.4, 0.5) is 0 Å². The molecule has 1 aliphatic heterocycles. The van der Waals surface area contributed by atoms with Crippen molar-refractivity contribution in [2.75, 3.05) is 26.4 Å². The van der Waals surface area contributed by atoms with Crippen LogP contribution in [0.25, 0.3) is 0 Å². The molecule has 1 saturated heterocycles. The Morgan fingerprint density at radius 1 is 0.647 bits per heavy atom. The number of ether oxygens (including phenoxy) is 4. The molecular formula is C42H72O9. The molecule has 6 unspecified atom stereocenters. The molecule has 0 aromatic rings. The summed E-state index contributed by atoms with van der Waals surface area (Å²) >= 11 is 0. The largest absolute Gasteiger partial charge is 0.457 e. The number of esters is 1. The van der Waals surface area contributed by atoms with Gasteiger partial charge in [-0.2, -0.15) is 0 Å². The molecule has 9 heteroatoms. The minimum absolute atomic E-state index is 0.124. The first kappa shape index (κ1) is 46.9. The average Bonchev–Trinajstić information content (AvgIpc) is 3.13. The molecule has 1 aliphatic rings. The van der Waals surface area contributed by atoms with Crippen molar-refractivity contribution in [3.8, 4) is 0 Å². The fraction of sp³-hybridized carbons (Fsp3) is 0.738. The first-order chi connectivity index (χ1) is 24.9. The van der Waals surface area contributed by atoms with Gasteiger partial charge in [0.1, 0.15) is 30.5 Å². The van der Waals surface area contributed by atoms with Crippen LogP contribution in [0.15, 0.2) is 60.8 Å². The Hall–Kier alpha value is -2.11. The first-order valence-electron chi connectivity index (χ1n) is 19.9. The van der Waals surface area contributed by atoms with Gasteiger partial charge in [0, 0.05) is 13.0 Å². The number of carbonyl (C=O) groups is 1. The van der Waals surface area contributed by atoms with Gasteiger partial charge in [-0.05, 0) is 57.8 Å². The summed E-state index contributed by atoms with van der Waals surface area (Å²) in [5.74, 6) is -0.337. The number of unbranched alkanes of at least 4 members (excludes halogenated alkanes) is 11. The average molecular weight is 721 g/mol. The molecule has 0 radical (unpaired) electrons. The second kappa shape index (κ2) is 33.7. The summed E-state index contributed by atoms with van der Waals surface area (Å²) in [5.41, 5.74) is 0. The molecule has 51 heavy (non-hydrogen) atoms. The van der Waals surface area contributed by atoms with E-state index in [9.17, 15) is 25.2 Å². The Balaban J connectivity index is 2.27. The molecule has 0 spiro atoms. The van der Waals surface area contributed by atoms with E-state index < -0.39 is 43.4 Å². The second-order valence-electron chi connectivity index (χ2n) is 13.4. The summed E-state index contributed by atoms with van der Waals surface area (Å²) in [6.07, 6.45) is 34.0. The standard InChI is InChI=1S/C42H72O9/c1-3-5-7-9-11-12-13-14-15-16-17-18-19-20-21-22-23-24-25-27-29-31-38(44)50-36(34-48-32-30-28-26-10-8-6-4-2)35-49-42-41(47)40(46)39(45)37(33-43)51-42/h5,7,11-12,14-15,17-18,20-21,36-37,39-43,45-47H,3-4,6,8-10,13,16,19,22-35H2,1-2H3/b7-5-,12-11-,15-14-,18-17-,21-20-. The zero-order chi connectivity index (χ0) is 37.2. The fourth-order valence-corrected chi connectivity index (χ4v) is 5.57. The molecule has 0 aliphatic carbocycles. The normalized spacial score (nSPS) is 22.0. The number of aliphatic hydroxyl groups is 4. The smallest absolute Gasteiger partial charge is 0.306 e. The van der Waals surface area contributed by atoms with Crippen molar-refractivity contribution in [1.29, 1.82) is 0 Å². The summed E-state index contributed by atoms with van der Waals surface area (Å²) in [5, 5.41) is 39.9. The van der Waals surface area contributed by atoms with Crippen molar-refractivity contribution in [2.45, 2.75) is 173 Å². The highest BCUT2D eigenvalue weighted by molar-refractivity contribution is 5.69. The predicted octanol–water partition coefficient (Wildman–Crippen LogP) is 7.96. The van der Waals surface area contributed by atoms with E-state index in [2.05, 4.69) is 74.6 Å². The highest BCUT2D eigenvalue weighted by atomic mass is 16.7. The molecular weight excluding hydrogens is 648 g/mol. The van der Waals surface area contributed by atoms with Crippen molar-refractivity contribution in [3.05, 3.63) is 60.8 Å². The molecule has 0 aromatic carbocycles. The van der Waals surface area contributed by atoms with Gasteiger partial charge in [-0.25, -0.2) is 0 Å². The summed E-state index contributed by atoms with van der Waals surface area (Å²) in [6, 6.07) is 0. The molecule has 9 nitrogen and oxygen atoms in total. The van der Waals surface area contributed by atoms with E-state index in [4.69, 9.17) is 18.9 Å². The van der Waals surface area contributed by atoms with Crippen molar-refractivity contribution in [3.63, 3.8) is 0 Å². The third-order valence-corrected chi connectivity index (χ3v) is 8.70. The maximum absolute atomic E-state index is 12.7. The van der Waals surface area contributed by atoms with Crippen LogP contribution >= 0.6 is 0 Å². The van der Waals surface area contributed by atoms with Crippen LogP contribution in [0.3, 0.4) is 0 Å². The Kier molecular flexibility index (Phi) is 31.0. The zero-order valence-electron chi connectivity index (χ0n) is 31.8. The Morgan fingerprint density at radius 3 is 1.80 bits per heavy atom. The summed E-state index contributed by atoms with van der Waals surface area (Å²) in [6.45, 7) is 4.36. The van der Waals surface area contributed by atoms with Gasteiger partial charge in [0.15, 0.2) is 6.29 Å². The van der Waals surface area contributed by atoms with Crippen LogP contribution in [0.5, 0.6) is 0 Å². The molecule has 6 atom stereocenters. The van der Waals surface area contributed by atoms with Gasteiger partial charge in [0.25, 0.3) is 0 Å². The fourth-order valence-electron chi connectivity index (χ4n) is 5.57. The predicted molar refractivity (Wildman–Crippen MR) is 205 cm³/mol. The Labute approximate surface area is 309 Å². The van der Waals surface area contributed by atoms with Crippen LogP contribution in [0.2, 0.25) is 0 Å². The number of hydrogen-bond acceptors (Lipinski definition) is 9. The third-order valence-electron chi connectivity index (χ3n) is 8.70. The Bertz CT molecular complexity index is 958. The number of aliphatic hydroxyl groups excluding tert-OH is 4. The van der Waals surface area contributed by atoms with E-state index in [-0.39, 0.29) is 19.2 Å². The lowest BCUT2D eigenvalue weighted by molar-refractivity contribution is -0.305. The van der Waals surface area contributed by atoms with Gasteiger partial charge in [-0.15, -0.1) is 0 Å². The van der Waals surface area contributed by atoms with Crippen LogP contribution < -0.4 is 0 Å². The third kappa shape index (κ3) is 25.5. The molecule has 0 bridgehead atoms. The van der Waals surface area contributed by atoms with Crippen molar-refractivity contribution >= 4 is 5.97 Å². The summed E-state index contributed by atoms with van der Waals surface area (Å²) in [7, 11) is 0. The van der Waals surface area contributed by atoms with Crippen molar-refractivity contribution in [2.24, 2.45) is 0 Å². The van der Waals surface area contributed by atoms with Crippen molar-refractivity contribution < 1.29 is 44.2 Å². The van der Waals surface area contributed by atoms with E-state index in [1.807, 2.05) is 0 Å². The molecule has 0 saturated carbocycles. The van der Waals surface area contributed by atoms with E-state index >= 15 is 0 Å². The molecule has 1 heterocycles. The van der Waals surface area contributed by atoms with E-state index in [1.165, 1.54) is 32.1 Å². The van der Waals surface area contributed by atoms with Gasteiger partial charge < -0.3 is 39.4 Å². The van der Waals surface area contributed by atoms with Crippen LogP contribution in [0.1, 0.15) is 136 Å².